The van der Waals surface area contributed by atoms with Crippen molar-refractivity contribution in [1.29, 1.82) is 0 Å². The van der Waals surface area contributed by atoms with Crippen molar-refractivity contribution in [2.45, 2.75) is 6.61 Å². The van der Waals surface area contributed by atoms with Crippen LogP contribution >= 0.6 is 11.3 Å². The lowest BCUT2D eigenvalue weighted by Crippen LogP contribution is -2.20. The number of carbonyl (C=O) groups excluding carboxylic acids is 1. The number of benzene rings is 2. The molecule has 0 saturated carbocycles. The van der Waals surface area contributed by atoms with Gasteiger partial charge in [0.05, 0.1) is 5.69 Å². The van der Waals surface area contributed by atoms with Gasteiger partial charge in [0.25, 0.3) is 11.8 Å². The number of anilines is 1. The smallest absolute Gasteiger partial charge is 0.264 e. The standard InChI is InChI=1S/C21H17N3O4S/c25-19(12-26-16-6-2-1-3-7-16)22-17-8-4-5-9-18(17)27-13-20-23-21(24-28-20)15-10-11-29-14-15/h1-11,14H,12-13H2,(H,22,25). The summed E-state index contributed by atoms with van der Waals surface area (Å²) in [6.07, 6.45) is 0. The zero-order valence-corrected chi connectivity index (χ0v) is 16.1. The van der Waals surface area contributed by atoms with Crippen LogP contribution in [0.15, 0.2) is 75.9 Å². The van der Waals surface area contributed by atoms with Crippen LogP contribution in [-0.2, 0) is 11.4 Å². The third kappa shape index (κ3) is 4.99. The van der Waals surface area contributed by atoms with Crippen molar-refractivity contribution in [2.24, 2.45) is 0 Å². The Kier molecular flexibility index (Phi) is 5.82. The van der Waals surface area contributed by atoms with E-state index in [1.54, 1.807) is 35.6 Å². The molecule has 0 aliphatic heterocycles. The minimum atomic E-state index is -0.289. The number of thiophene rings is 1. The summed E-state index contributed by atoms with van der Waals surface area (Å²) in [4.78, 5) is 16.5. The molecule has 8 heteroatoms. The molecule has 0 bridgehead atoms. The van der Waals surface area contributed by atoms with Gasteiger partial charge in [-0.15, -0.1) is 0 Å². The second-order valence-corrected chi connectivity index (χ2v) is 6.74. The van der Waals surface area contributed by atoms with Crippen molar-refractivity contribution in [1.82, 2.24) is 10.1 Å². The van der Waals surface area contributed by atoms with Crippen LogP contribution in [0.5, 0.6) is 11.5 Å². The Morgan fingerprint density at radius 3 is 2.69 bits per heavy atom. The molecule has 0 atom stereocenters. The fourth-order valence-corrected chi connectivity index (χ4v) is 3.14. The molecule has 0 spiro atoms. The number of carbonyl (C=O) groups is 1. The molecule has 7 nitrogen and oxygen atoms in total. The van der Waals surface area contributed by atoms with Crippen LogP contribution in [0.25, 0.3) is 11.4 Å². The highest BCUT2D eigenvalue weighted by atomic mass is 32.1. The number of rotatable bonds is 8. The van der Waals surface area contributed by atoms with Crippen LogP contribution in [0.4, 0.5) is 5.69 Å². The third-order valence-corrected chi connectivity index (χ3v) is 4.56. The van der Waals surface area contributed by atoms with Gasteiger partial charge in [0.15, 0.2) is 13.2 Å². The molecule has 2 aromatic heterocycles. The predicted octanol–water partition coefficient (Wildman–Crippen LogP) is 4.39. The zero-order chi connectivity index (χ0) is 19.9. The number of hydrogen-bond acceptors (Lipinski definition) is 7. The molecule has 1 amide bonds. The monoisotopic (exact) mass is 407 g/mol. The van der Waals surface area contributed by atoms with E-state index < -0.39 is 0 Å². The van der Waals surface area contributed by atoms with Crippen molar-refractivity contribution < 1.29 is 18.8 Å². The summed E-state index contributed by atoms with van der Waals surface area (Å²) in [6.45, 7) is -0.0173. The van der Waals surface area contributed by atoms with Gasteiger partial charge in [0, 0.05) is 10.9 Å². The molecule has 0 aliphatic carbocycles. The highest BCUT2D eigenvalue weighted by molar-refractivity contribution is 7.08. The second-order valence-electron chi connectivity index (χ2n) is 5.96. The van der Waals surface area contributed by atoms with E-state index in [9.17, 15) is 4.79 Å². The summed E-state index contributed by atoms with van der Waals surface area (Å²) in [5.74, 6) is 1.70. The Labute approximate surface area is 170 Å². The van der Waals surface area contributed by atoms with Gasteiger partial charge in [-0.3, -0.25) is 4.79 Å². The van der Waals surface area contributed by atoms with Gasteiger partial charge in [-0.05, 0) is 35.7 Å². The molecule has 0 saturated heterocycles. The van der Waals surface area contributed by atoms with Gasteiger partial charge in [-0.1, -0.05) is 35.5 Å². The lowest BCUT2D eigenvalue weighted by atomic mass is 10.3. The minimum absolute atomic E-state index is 0.0878. The van der Waals surface area contributed by atoms with Gasteiger partial charge in [0.2, 0.25) is 5.82 Å². The van der Waals surface area contributed by atoms with E-state index in [-0.39, 0.29) is 19.1 Å². The molecule has 0 unspecified atom stereocenters. The average molecular weight is 407 g/mol. The van der Waals surface area contributed by atoms with E-state index >= 15 is 0 Å². The highest BCUT2D eigenvalue weighted by Crippen LogP contribution is 2.25. The van der Waals surface area contributed by atoms with Crippen molar-refractivity contribution in [3.05, 3.63) is 77.3 Å². The number of hydrogen-bond donors (Lipinski definition) is 1. The molecule has 2 aromatic carbocycles. The quantitative estimate of drug-likeness (QED) is 0.466. The summed E-state index contributed by atoms with van der Waals surface area (Å²) < 4.78 is 16.5. The summed E-state index contributed by atoms with van der Waals surface area (Å²) in [7, 11) is 0. The predicted molar refractivity (Wildman–Crippen MR) is 109 cm³/mol. The number of ether oxygens (including phenoxy) is 2. The van der Waals surface area contributed by atoms with Crippen LogP contribution in [0.1, 0.15) is 5.89 Å². The SMILES string of the molecule is O=C(COc1ccccc1)Nc1ccccc1OCc1nc(-c2ccsc2)no1. The molecule has 29 heavy (non-hydrogen) atoms. The van der Waals surface area contributed by atoms with Gasteiger partial charge < -0.3 is 19.3 Å². The van der Waals surface area contributed by atoms with E-state index in [1.165, 1.54) is 0 Å². The molecule has 0 radical (unpaired) electrons. The van der Waals surface area contributed by atoms with Crippen LogP contribution in [0.3, 0.4) is 0 Å². The maximum Gasteiger partial charge on any atom is 0.264 e. The van der Waals surface area contributed by atoms with E-state index in [4.69, 9.17) is 14.0 Å². The summed E-state index contributed by atoms with van der Waals surface area (Å²) >= 11 is 1.56. The van der Waals surface area contributed by atoms with Crippen molar-refractivity contribution in [3.8, 4) is 22.9 Å². The Morgan fingerprint density at radius 1 is 1.03 bits per heavy atom. The summed E-state index contributed by atoms with van der Waals surface area (Å²) in [6, 6.07) is 18.2. The first kappa shape index (κ1) is 18.7. The Hall–Kier alpha value is -3.65. The molecule has 4 aromatic rings. The molecule has 1 N–H and O–H groups in total. The molecule has 4 rings (SSSR count). The molecular formula is C21H17N3O4S. The third-order valence-electron chi connectivity index (χ3n) is 3.87. The maximum atomic E-state index is 12.2. The van der Waals surface area contributed by atoms with E-state index in [0.717, 1.165) is 5.56 Å². The van der Waals surface area contributed by atoms with Crippen LogP contribution in [-0.4, -0.2) is 22.7 Å². The average Bonchev–Trinajstić information content (AvgIpc) is 3.44. The minimum Gasteiger partial charge on any atom is -0.484 e. The van der Waals surface area contributed by atoms with Gasteiger partial charge in [0.1, 0.15) is 11.5 Å². The molecular weight excluding hydrogens is 390 g/mol. The largest absolute Gasteiger partial charge is 0.484 e. The number of amides is 1. The van der Waals surface area contributed by atoms with Crippen LogP contribution in [0.2, 0.25) is 0 Å². The Morgan fingerprint density at radius 2 is 1.86 bits per heavy atom. The van der Waals surface area contributed by atoms with Gasteiger partial charge >= 0.3 is 0 Å². The lowest BCUT2D eigenvalue weighted by molar-refractivity contribution is -0.118. The summed E-state index contributed by atoms with van der Waals surface area (Å²) in [5.41, 5.74) is 1.43. The fourth-order valence-electron chi connectivity index (χ4n) is 2.51. The van der Waals surface area contributed by atoms with Gasteiger partial charge in [-0.2, -0.15) is 16.3 Å². The first-order chi connectivity index (χ1) is 14.3. The fraction of sp³-hybridized carbons (Fsp3) is 0.0952. The Balaban J connectivity index is 1.35. The molecule has 2 heterocycles. The van der Waals surface area contributed by atoms with E-state index in [0.29, 0.717) is 28.9 Å². The molecule has 146 valence electrons. The normalized spacial score (nSPS) is 10.5. The number of para-hydroxylation sites is 3. The second kappa shape index (κ2) is 9.03. The number of nitrogens with one attached hydrogen (secondary N) is 1. The topological polar surface area (TPSA) is 86.5 Å². The lowest BCUT2D eigenvalue weighted by Gasteiger charge is -2.11. The van der Waals surface area contributed by atoms with Crippen molar-refractivity contribution in [2.75, 3.05) is 11.9 Å². The van der Waals surface area contributed by atoms with Crippen molar-refractivity contribution in [3.63, 3.8) is 0 Å². The maximum absolute atomic E-state index is 12.2. The zero-order valence-electron chi connectivity index (χ0n) is 15.3. The van der Waals surface area contributed by atoms with Crippen molar-refractivity contribution >= 4 is 22.9 Å². The van der Waals surface area contributed by atoms with Gasteiger partial charge in [-0.25, -0.2) is 0 Å². The first-order valence-electron chi connectivity index (χ1n) is 8.82. The summed E-state index contributed by atoms with van der Waals surface area (Å²) in [5, 5.41) is 10.6. The van der Waals surface area contributed by atoms with Crippen LogP contribution in [0, 0.1) is 0 Å². The number of aromatic nitrogens is 2. The molecule has 0 aliphatic rings. The van der Waals surface area contributed by atoms with E-state index in [1.807, 2.05) is 47.2 Å². The van der Waals surface area contributed by atoms with E-state index in [2.05, 4.69) is 15.5 Å². The first-order valence-corrected chi connectivity index (χ1v) is 9.77. The number of nitrogens with zero attached hydrogens (tertiary/aromatic N) is 2. The highest BCUT2D eigenvalue weighted by Gasteiger charge is 2.12. The van der Waals surface area contributed by atoms with Crippen LogP contribution < -0.4 is 14.8 Å². The Bertz CT molecular complexity index is 1060. The molecule has 0 fully saturated rings.